The largest absolute Gasteiger partial charge is 0.448 e. The van der Waals surface area contributed by atoms with Crippen LogP contribution in [0.2, 0.25) is 0 Å². The van der Waals surface area contributed by atoms with Gasteiger partial charge in [0.05, 0.1) is 21.5 Å². The summed E-state index contributed by atoms with van der Waals surface area (Å²) in [5, 5.41) is 1.73. The topological polar surface area (TPSA) is 75.6 Å². The number of thiazole rings is 2. The maximum absolute atomic E-state index is 12.7. The van der Waals surface area contributed by atoms with Gasteiger partial charge in [-0.15, -0.1) is 22.7 Å². The van der Waals surface area contributed by atoms with Gasteiger partial charge in [0.25, 0.3) is 5.91 Å². The quantitative estimate of drug-likeness (QED) is 0.401. The number of fused-ring (bicyclic) bond motifs is 2. The Morgan fingerprint density at radius 3 is 2.53 bits per heavy atom. The number of esters is 1. The van der Waals surface area contributed by atoms with Crippen LogP contribution >= 0.6 is 34.0 Å². The minimum atomic E-state index is -0.887. The molecule has 0 radical (unpaired) electrons. The van der Waals surface area contributed by atoms with Crippen LogP contribution in [0.5, 0.6) is 0 Å². The SMILES string of the molecule is CC(OC(=O)c1cc2sc(N(C)C)nc2s1)C(=O)N(C)Cc1nc2ccccc2s1. The Balaban J connectivity index is 1.39. The van der Waals surface area contributed by atoms with Crippen molar-refractivity contribution >= 4 is 70.8 Å². The summed E-state index contributed by atoms with van der Waals surface area (Å²) in [6.45, 7) is 1.96. The van der Waals surface area contributed by atoms with Gasteiger partial charge in [0.1, 0.15) is 14.7 Å². The van der Waals surface area contributed by atoms with E-state index in [0.717, 1.165) is 29.9 Å². The number of nitrogens with zero attached hydrogens (tertiary/aromatic N) is 4. The Bertz CT molecular complexity index is 1160. The van der Waals surface area contributed by atoms with Crippen molar-refractivity contribution in [1.82, 2.24) is 14.9 Å². The van der Waals surface area contributed by atoms with Gasteiger partial charge in [-0.2, -0.15) is 0 Å². The van der Waals surface area contributed by atoms with Crippen molar-refractivity contribution in [3.8, 4) is 0 Å². The van der Waals surface area contributed by atoms with E-state index in [-0.39, 0.29) is 5.91 Å². The fourth-order valence-corrected chi connectivity index (χ4v) is 5.90. The second-order valence-electron chi connectivity index (χ2n) is 6.99. The first-order chi connectivity index (χ1) is 14.3. The maximum Gasteiger partial charge on any atom is 0.349 e. The monoisotopic (exact) mass is 460 g/mol. The molecule has 3 heterocycles. The van der Waals surface area contributed by atoms with Crippen molar-refractivity contribution in [2.75, 3.05) is 26.0 Å². The molecule has 1 atom stereocenters. The van der Waals surface area contributed by atoms with Gasteiger partial charge in [0.2, 0.25) is 0 Å². The summed E-state index contributed by atoms with van der Waals surface area (Å²) in [6.07, 6.45) is -0.887. The Hall–Kier alpha value is -2.56. The van der Waals surface area contributed by atoms with Crippen LogP contribution in [0.15, 0.2) is 30.3 Å². The van der Waals surface area contributed by atoms with Gasteiger partial charge in [-0.1, -0.05) is 23.5 Å². The molecule has 4 aromatic rings. The van der Waals surface area contributed by atoms with Crippen LogP contribution in [-0.2, 0) is 16.1 Å². The van der Waals surface area contributed by atoms with E-state index < -0.39 is 12.1 Å². The summed E-state index contributed by atoms with van der Waals surface area (Å²) in [6, 6.07) is 9.63. The van der Waals surface area contributed by atoms with Crippen LogP contribution in [-0.4, -0.2) is 54.0 Å². The van der Waals surface area contributed by atoms with E-state index in [2.05, 4.69) is 9.97 Å². The molecule has 1 unspecified atom stereocenters. The highest BCUT2D eigenvalue weighted by molar-refractivity contribution is 7.29. The number of carbonyl (C=O) groups excluding carboxylic acids is 2. The molecule has 0 aliphatic heterocycles. The maximum atomic E-state index is 12.7. The zero-order valence-electron chi connectivity index (χ0n) is 16.9. The van der Waals surface area contributed by atoms with Crippen LogP contribution < -0.4 is 4.90 Å². The fraction of sp³-hybridized carbons (Fsp3) is 0.300. The van der Waals surface area contributed by atoms with Gasteiger partial charge >= 0.3 is 5.97 Å². The third kappa shape index (κ3) is 4.16. The molecule has 10 heteroatoms. The summed E-state index contributed by atoms with van der Waals surface area (Å²) < 4.78 is 7.44. The van der Waals surface area contributed by atoms with Crippen molar-refractivity contribution in [3.05, 3.63) is 40.2 Å². The van der Waals surface area contributed by atoms with E-state index >= 15 is 0 Å². The standard InChI is InChI=1S/C20H20N4O3S3/c1-11(18(25)24(4)10-16-21-12-7-5-6-8-13(12)28-16)27-19(26)15-9-14-17(29-15)22-20(30-14)23(2)3/h5-9,11H,10H2,1-4H3. The second kappa shape index (κ2) is 8.29. The van der Waals surface area contributed by atoms with Crippen molar-refractivity contribution in [2.24, 2.45) is 0 Å². The van der Waals surface area contributed by atoms with Crippen LogP contribution in [0, 0.1) is 0 Å². The molecule has 1 aromatic carbocycles. The molecule has 156 valence electrons. The molecule has 0 aliphatic rings. The molecular formula is C20H20N4O3S3. The van der Waals surface area contributed by atoms with Crippen molar-refractivity contribution < 1.29 is 14.3 Å². The number of rotatable bonds is 6. The summed E-state index contributed by atoms with van der Waals surface area (Å²) in [7, 11) is 5.54. The van der Waals surface area contributed by atoms with Gasteiger partial charge < -0.3 is 14.5 Å². The van der Waals surface area contributed by atoms with Crippen LogP contribution in [0.25, 0.3) is 19.7 Å². The second-order valence-corrected chi connectivity index (χ2v) is 10.1. The van der Waals surface area contributed by atoms with Crippen molar-refractivity contribution in [2.45, 2.75) is 19.6 Å². The molecule has 0 saturated heterocycles. The molecule has 7 nitrogen and oxygen atoms in total. The third-order valence-corrected chi connectivity index (χ3v) is 7.71. The van der Waals surface area contributed by atoms with E-state index in [1.54, 1.807) is 31.4 Å². The fourth-order valence-electron chi connectivity index (χ4n) is 2.86. The normalized spacial score (nSPS) is 12.3. The zero-order valence-corrected chi connectivity index (χ0v) is 19.4. The van der Waals surface area contributed by atoms with Gasteiger partial charge in [-0.05, 0) is 25.1 Å². The Kier molecular flexibility index (Phi) is 5.72. The highest BCUT2D eigenvalue weighted by Gasteiger charge is 2.24. The molecule has 0 N–H and O–H groups in total. The Morgan fingerprint density at radius 2 is 1.83 bits per heavy atom. The lowest BCUT2D eigenvalue weighted by molar-refractivity contribution is -0.139. The van der Waals surface area contributed by atoms with Gasteiger partial charge in [-0.3, -0.25) is 4.79 Å². The minimum Gasteiger partial charge on any atom is -0.448 e. The number of hydrogen-bond donors (Lipinski definition) is 0. The number of benzene rings is 1. The highest BCUT2D eigenvalue weighted by Crippen LogP contribution is 2.34. The lowest BCUT2D eigenvalue weighted by Gasteiger charge is -2.20. The minimum absolute atomic E-state index is 0.269. The number of thiophene rings is 1. The van der Waals surface area contributed by atoms with Gasteiger partial charge in [0, 0.05) is 21.1 Å². The zero-order chi connectivity index (χ0) is 21.4. The Labute approximate surface area is 185 Å². The number of aromatic nitrogens is 2. The van der Waals surface area contributed by atoms with E-state index in [0.29, 0.717) is 11.4 Å². The average molecular weight is 461 g/mol. The third-order valence-electron chi connectivity index (χ3n) is 4.38. The number of likely N-dealkylation sites (N-methyl/N-ethyl adjacent to an activating group) is 1. The molecule has 0 bridgehead atoms. The molecule has 30 heavy (non-hydrogen) atoms. The van der Waals surface area contributed by atoms with E-state index in [1.807, 2.05) is 43.3 Å². The number of anilines is 1. The molecule has 1 amide bonds. The first kappa shape index (κ1) is 20.7. The number of ether oxygens (including phenoxy) is 1. The van der Waals surface area contributed by atoms with Gasteiger partial charge in [-0.25, -0.2) is 14.8 Å². The number of amides is 1. The molecule has 0 fully saturated rings. The van der Waals surface area contributed by atoms with Crippen LogP contribution in [0.1, 0.15) is 21.6 Å². The molecular weight excluding hydrogens is 440 g/mol. The molecule has 0 aliphatic carbocycles. The summed E-state index contributed by atoms with van der Waals surface area (Å²) >= 11 is 4.34. The van der Waals surface area contributed by atoms with Crippen molar-refractivity contribution in [1.29, 1.82) is 0 Å². The number of para-hydroxylation sites is 1. The predicted octanol–water partition coefficient (Wildman–Crippen LogP) is 4.24. The summed E-state index contributed by atoms with van der Waals surface area (Å²) in [4.78, 5) is 39.0. The van der Waals surface area contributed by atoms with Crippen LogP contribution in [0.4, 0.5) is 5.13 Å². The smallest absolute Gasteiger partial charge is 0.349 e. The van der Waals surface area contributed by atoms with Crippen LogP contribution in [0.3, 0.4) is 0 Å². The molecule has 0 saturated carbocycles. The predicted molar refractivity (Wildman–Crippen MR) is 123 cm³/mol. The Morgan fingerprint density at radius 1 is 1.07 bits per heavy atom. The molecule has 3 aromatic heterocycles. The molecule has 4 rings (SSSR count). The van der Waals surface area contributed by atoms with Gasteiger partial charge in [0.15, 0.2) is 11.2 Å². The lowest BCUT2D eigenvalue weighted by Crippen LogP contribution is -2.37. The lowest BCUT2D eigenvalue weighted by atomic mass is 10.3. The number of carbonyl (C=O) groups is 2. The highest BCUT2D eigenvalue weighted by atomic mass is 32.1. The van der Waals surface area contributed by atoms with E-state index in [4.69, 9.17) is 4.74 Å². The van der Waals surface area contributed by atoms with Crippen molar-refractivity contribution in [3.63, 3.8) is 0 Å². The molecule has 0 spiro atoms. The number of hydrogen-bond acceptors (Lipinski definition) is 9. The summed E-state index contributed by atoms with van der Waals surface area (Å²) in [5.74, 6) is -0.778. The first-order valence-corrected chi connectivity index (χ1v) is 11.6. The summed E-state index contributed by atoms with van der Waals surface area (Å²) in [5.41, 5.74) is 0.918. The average Bonchev–Trinajstić information content (AvgIpc) is 3.39. The van der Waals surface area contributed by atoms with E-state index in [9.17, 15) is 9.59 Å². The first-order valence-electron chi connectivity index (χ1n) is 9.20. The van der Waals surface area contributed by atoms with E-state index in [1.165, 1.54) is 27.6 Å².